The van der Waals surface area contributed by atoms with Crippen LogP contribution in [0.5, 0.6) is 0 Å². The number of thiol groups is 1. The molecule has 3 rings (SSSR count). The van der Waals surface area contributed by atoms with Crippen LogP contribution in [0.1, 0.15) is 21.5 Å². The molecule has 0 aliphatic rings. The minimum absolute atomic E-state index is 0.286. The molecule has 0 radical (unpaired) electrons. The summed E-state index contributed by atoms with van der Waals surface area (Å²) in [7, 11) is -1.10. The molecule has 1 N–H and O–H groups in total. The van der Waals surface area contributed by atoms with Crippen molar-refractivity contribution in [1.29, 1.82) is 0 Å². The van der Waals surface area contributed by atoms with E-state index in [1.165, 1.54) is 4.31 Å². The largest absolute Gasteiger partial charge is 0.348 e. The maximum Gasteiger partial charge on any atom is 0.251 e. The molecule has 140 valence electrons. The van der Waals surface area contributed by atoms with Crippen LogP contribution in [0.3, 0.4) is 0 Å². The van der Waals surface area contributed by atoms with Crippen molar-refractivity contribution in [2.24, 2.45) is 7.05 Å². The summed E-state index contributed by atoms with van der Waals surface area (Å²) < 4.78 is 26.5. The summed E-state index contributed by atoms with van der Waals surface area (Å²) >= 11 is 0. The molecule has 0 atom stereocenters. The summed E-state index contributed by atoms with van der Waals surface area (Å²) in [6, 6.07) is 13.7. The molecule has 1 amide bonds. The average molecular weight is 384 g/mol. The van der Waals surface area contributed by atoms with Crippen LogP contribution in [0.25, 0.3) is 0 Å². The number of aryl methyl sites for hydroxylation is 2. The molecule has 0 aliphatic carbocycles. The van der Waals surface area contributed by atoms with Crippen LogP contribution in [-0.2, 0) is 24.5 Å². The Bertz CT molecular complexity index is 1020. The average Bonchev–Trinajstić information content (AvgIpc) is 3.07. The second-order valence-corrected chi connectivity index (χ2v) is 7.02. The Morgan fingerprint density at radius 3 is 2.52 bits per heavy atom. The molecule has 8 heteroatoms. The number of carbonyl (C=O) groups is 1. The van der Waals surface area contributed by atoms with Crippen LogP contribution in [-0.4, -0.2) is 24.1 Å². The van der Waals surface area contributed by atoms with E-state index in [-0.39, 0.29) is 5.91 Å². The number of anilines is 2. The summed E-state index contributed by atoms with van der Waals surface area (Å²) in [6.07, 6.45) is 3.50. The molecular weight excluding hydrogens is 364 g/mol. The first kappa shape index (κ1) is 18.7. The molecule has 2 aromatic carbocycles. The number of benzene rings is 2. The molecule has 0 unspecified atom stereocenters. The highest BCUT2D eigenvalue weighted by Gasteiger charge is 2.14. The highest BCUT2D eigenvalue weighted by molar-refractivity contribution is 7.74. The quantitative estimate of drug-likeness (QED) is 0.639. The Morgan fingerprint density at radius 2 is 1.89 bits per heavy atom. The lowest BCUT2D eigenvalue weighted by Crippen LogP contribution is -2.23. The van der Waals surface area contributed by atoms with E-state index in [0.29, 0.717) is 23.5 Å². The molecular formula is C19H20N4O3S. The fraction of sp³-hybridized carbons (Fsp3) is 0.158. The smallest absolute Gasteiger partial charge is 0.251 e. The van der Waals surface area contributed by atoms with Crippen molar-refractivity contribution in [1.82, 2.24) is 15.1 Å². The maximum absolute atomic E-state index is 12.4. The number of nitrogens with zero attached hydrogens (tertiary/aromatic N) is 3. The van der Waals surface area contributed by atoms with Gasteiger partial charge >= 0.3 is 0 Å². The number of hydrogen-bond donors (Lipinski definition) is 2. The molecule has 0 spiro atoms. The van der Waals surface area contributed by atoms with E-state index in [1.54, 1.807) is 54.3 Å². The second-order valence-electron chi connectivity index (χ2n) is 6.14. The Labute approximate surface area is 159 Å². The number of hydrogen-bond acceptors (Lipinski definition) is 4. The minimum atomic E-state index is -2.91. The lowest BCUT2D eigenvalue weighted by molar-refractivity contribution is 0.0951. The fourth-order valence-electron chi connectivity index (χ4n) is 2.65. The van der Waals surface area contributed by atoms with Crippen LogP contribution in [0.15, 0.2) is 60.9 Å². The zero-order chi connectivity index (χ0) is 19.4. The zero-order valence-corrected chi connectivity index (χ0v) is 15.9. The van der Waals surface area contributed by atoms with E-state index in [1.807, 2.05) is 25.3 Å². The van der Waals surface area contributed by atoms with Gasteiger partial charge in [-0.05, 0) is 37.3 Å². The SMILES string of the molecule is Cc1ccc(N(c2cccc(C(=O)NCc3cnn(C)c3)c2)[SH](=O)=O)cc1. The lowest BCUT2D eigenvalue weighted by Gasteiger charge is -2.18. The van der Waals surface area contributed by atoms with Crippen LogP contribution >= 0.6 is 0 Å². The topological polar surface area (TPSA) is 84.3 Å². The van der Waals surface area contributed by atoms with Gasteiger partial charge in [0, 0.05) is 30.9 Å². The molecule has 0 bridgehead atoms. The first-order chi connectivity index (χ1) is 12.9. The Morgan fingerprint density at radius 1 is 1.15 bits per heavy atom. The van der Waals surface area contributed by atoms with Crippen LogP contribution in [0, 0.1) is 6.92 Å². The maximum atomic E-state index is 12.4. The highest BCUT2D eigenvalue weighted by Crippen LogP contribution is 2.26. The van der Waals surface area contributed by atoms with Crippen LogP contribution in [0.2, 0.25) is 0 Å². The molecule has 1 aromatic heterocycles. The minimum Gasteiger partial charge on any atom is -0.348 e. The van der Waals surface area contributed by atoms with Crippen molar-refractivity contribution in [2.45, 2.75) is 13.5 Å². The molecule has 3 aromatic rings. The third-order valence-corrected chi connectivity index (χ3v) is 4.79. The third kappa shape index (κ3) is 4.53. The van der Waals surface area contributed by atoms with Crippen molar-refractivity contribution in [3.63, 3.8) is 0 Å². The molecule has 1 heterocycles. The molecule has 27 heavy (non-hydrogen) atoms. The van der Waals surface area contributed by atoms with Gasteiger partial charge in [-0.15, -0.1) is 0 Å². The predicted molar refractivity (Wildman–Crippen MR) is 104 cm³/mol. The van der Waals surface area contributed by atoms with Crippen molar-refractivity contribution < 1.29 is 13.2 Å². The third-order valence-electron chi connectivity index (χ3n) is 4.01. The van der Waals surface area contributed by atoms with Gasteiger partial charge in [-0.2, -0.15) is 5.10 Å². The monoisotopic (exact) mass is 384 g/mol. The van der Waals surface area contributed by atoms with Gasteiger partial charge in [-0.3, -0.25) is 9.48 Å². The second kappa shape index (κ2) is 8.05. The van der Waals surface area contributed by atoms with Crippen LogP contribution in [0.4, 0.5) is 11.4 Å². The molecule has 0 saturated heterocycles. The lowest BCUT2D eigenvalue weighted by atomic mass is 10.1. The number of rotatable bonds is 6. The Kier molecular flexibility index (Phi) is 5.56. The number of nitrogens with one attached hydrogen (secondary N) is 1. The molecule has 7 nitrogen and oxygen atoms in total. The van der Waals surface area contributed by atoms with Gasteiger partial charge in [-0.1, -0.05) is 23.8 Å². The van der Waals surface area contributed by atoms with E-state index in [2.05, 4.69) is 10.4 Å². The Hall–Kier alpha value is -3.13. The predicted octanol–water partition coefficient (Wildman–Crippen LogP) is 2.32. The molecule has 0 fully saturated rings. The summed E-state index contributed by atoms with van der Waals surface area (Å²) in [4.78, 5) is 12.4. The fourth-order valence-corrected chi connectivity index (χ4v) is 3.28. The van der Waals surface area contributed by atoms with E-state index in [0.717, 1.165) is 11.1 Å². The van der Waals surface area contributed by atoms with Gasteiger partial charge in [0.2, 0.25) is 10.9 Å². The van der Waals surface area contributed by atoms with E-state index < -0.39 is 10.9 Å². The van der Waals surface area contributed by atoms with Crippen molar-refractivity contribution in [2.75, 3.05) is 4.31 Å². The van der Waals surface area contributed by atoms with Gasteiger partial charge in [0.05, 0.1) is 17.6 Å². The van der Waals surface area contributed by atoms with E-state index in [9.17, 15) is 13.2 Å². The molecule has 0 aliphatic heterocycles. The van der Waals surface area contributed by atoms with Gasteiger partial charge in [0.15, 0.2) is 0 Å². The zero-order valence-electron chi connectivity index (χ0n) is 15.0. The first-order valence-corrected chi connectivity index (χ1v) is 9.44. The normalized spacial score (nSPS) is 10.8. The summed E-state index contributed by atoms with van der Waals surface area (Å²) in [6.45, 7) is 2.27. The number of carbonyl (C=O) groups excluding carboxylic acids is 1. The van der Waals surface area contributed by atoms with Gasteiger partial charge in [0.1, 0.15) is 0 Å². The van der Waals surface area contributed by atoms with Crippen molar-refractivity contribution >= 4 is 28.2 Å². The number of aromatic nitrogens is 2. The van der Waals surface area contributed by atoms with E-state index in [4.69, 9.17) is 0 Å². The van der Waals surface area contributed by atoms with Gasteiger partial charge in [0.25, 0.3) is 5.91 Å². The summed E-state index contributed by atoms with van der Waals surface area (Å²) in [5.41, 5.74) is 3.22. The van der Waals surface area contributed by atoms with Gasteiger partial charge < -0.3 is 5.32 Å². The van der Waals surface area contributed by atoms with Crippen molar-refractivity contribution in [3.8, 4) is 0 Å². The first-order valence-electron chi connectivity index (χ1n) is 8.31. The number of amides is 1. The van der Waals surface area contributed by atoms with Crippen molar-refractivity contribution in [3.05, 3.63) is 77.6 Å². The summed E-state index contributed by atoms with van der Waals surface area (Å²) in [5.74, 6) is -0.286. The van der Waals surface area contributed by atoms with Gasteiger partial charge in [-0.25, -0.2) is 12.7 Å². The highest BCUT2D eigenvalue weighted by atomic mass is 32.2. The summed E-state index contributed by atoms with van der Waals surface area (Å²) in [5, 5.41) is 6.86. The Balaban J connectivity index is 1.82. The van der Waals surface area contributed by atoms with E-state index >= 15 is 0 Å². The van der Waals surface area contributed by atoms with Crippen LogP contribution < -0.4 is 9.62 Å². The molecule has 0 saturated carbocycles. The standard InChI is InChI=1S/C19H20N4O3S/c1-14-6-8-17(9-7-14)23(27(25)26)18-5-3-4-16(10-18)19(24)20-11-15-12-21-22(2)13-15/h3-10,12-13,27H,11H2,1-2H3,(H,20,24).